The molecule has 2 nitrogen and oxygen atoms in total. The summed E-state index contributed by atoms with van der Waals surface area (Å²) in [6.45, 7) is 0. The van der Waals surface area contributed by atoms with Gasteiger partial charge in [0, 0.05) is 34.4 Å². The third kappa shape index (κ3) is 1.84. The van der Waals surface area contributed by atoms with E-state index < -0.39 is 0 Å². The van der Waals surface area contributed by atoms with Crippen LogP contribution in [0, 0.1) is 0 Å². The number of nitrogens with one attached hydrogen (secondary N) is 1. The summed E-state index contributed by atoms with van der Waals surface area (Å²) < 4.78 is 0. The fourth-order valence-electron chi connectivity index (χ4n) is 2.39. The number of fused-ring (bicyclic) bond motifs is 1. The molecule has 4 aromatic rings. The number of rotatable bonds is 2. The van der Waals surface area contributed by atoms with Crippen LogP contribution in [0.1, 0.15) is 0 Å². The average molecular weight is 276 g/mol. The lowest BCUT2D eigenvalue weighted by molar-refractivity contribution is 1.41. The highest BCUT2D eigenvalue weighted by Crippen LogP contribution is 2.35. The molecule has 96 valence electrons. The minimum atomic E-state index is 1.06. The van der Waals surface area contributed by atoms with Gasteiger partial charge in [0.15, 0.2) is 0 Å². The zero-order valence-electron chi connectivity index (χ0n) is 10.7. The van der Waals surface area contributed by atoms with E-state index in [1.807, 2.05) is 30.5 Å². The van der Waals surface area contributed by atoms with Crippen LogP contribution in [-0.2, 0) is 0 Å². The van der Waals surface area contributed by atoms with Gasteiger partial charge in [-0.1, -0.05) is 48.5 Å². The Labute approximate surface area is 120 Å². The number of para-hydroxylation sites is 1. The van der Waals surface area contributed by atoms with Crippen LogP contribution < -0.4 is 0 Å². The van der Waals surface area contributed by atoms with Gasteiger partial charge in [0.2, 0.25) is 0 Å². The minimum absolute atomic E-state index is 1.06. The molecule has 0 aliphatic heterocycles. The number of thiazole rings is 1. The Kier molecular flexibility index (Phi) is 2.64. The highest BCUT2D eigenvalue weighted by atomic mass is 32.1. The van der Waals surface area contributed by atoms with Crippen molar-refractivity contribution >= 4 is 22.2 Å². The highest BCUT2D eigenvalue weighted by molar-refractivity contribution is 7.18. The number of hydrogen-bond donors (Lipinski definition) is 1. The van der Waals surface area contributed by atoms with Gasteiger partial charge in [-0.15, -0.1) is 11.3 Å². The SMILES string of the molecule is c1ccc(-c2ncc(-c3c[nH]c4ccccc34)s2)cc1. The molecular formula is C17H12N2S. The largest absolute Gasteiger partial charge is 0.361 e. The topological polar surface area (TPSA) is 28.7 Å². The molecule has 0 aliphatic rings. The van der Waals surface area contributed by atoms with Gasteiger partial charge in [-0.25, -0.2) is 4.98 Å². The molecule has 4 rings (SSSR count). The van der Waals surface area contributed by atoms with E-state index in [1.54, 1.807) is 11.3 Å². The van der Waals surface area contributed by atoms with Gasteiger partial charge in [0.05, 0.1) is 4.88 Å². The second-order valence-electron chi connectivity index (χ2n) is 4.64. The third-order valence-electron chi connectivity index (χ3n) is 3.38. The predicted octanol–water partition coefficient (Wildman–Crippen LogP) is 4.96. The molecular weight excluding hydrogens is 264 g/mol. The highest BCUT2D eigenvalue weighted by Gasteiger charge is 2.10. The van der Waals surface area contributed by atoms with E-state index in [0.717, 1.165) is 10.5 Å². The summed E-state index contributed by atoms with van der Waals surface area (Å²) in [5.74, 6) is 0. The maximum atomic E-state index is 4.55. The quantitative estimate of drug-likeness (QED) is 0.551. The second-order valence-corrected chi connectivity index (χ2v) is 5.67. The molecule has 0 radical (unpaired) electrons. The summed E-state index contributed by atoms with van der Waals surface area (Å²) in [4.78, 5) is 9.06. The van der Waals surface area contributed by atoms with E-state index in [1.165, 1.54) is 21.4 Å². The van der Waals surface area contributed by atoms with Crippen LogP contribution >= 0.6 is 11.3 Å². The van der Waals surface area contributed by atoms with E-state index in [-0.39, 0.29) is 0 Å². The maximum absolute atomic E-state index is 4.55. The number of aromatic amines is 1. The van der Waals surface area contributed by atoms with Gasteiger partial charge in [0.1, 0.15) is 5.01 Å². The molecule has 0 saturated heterocycles. The predicted molar refractivity (Wildman–Crippen MR) is 84.8 cm³/mol. The molecule has 2 aromatic heterocycles. The van der Waals surface area contributed by atoms with Crippen LogP contribution in [0.5, 0.6) is 0 Å². The third-order valence-corrected chi connectivity index (χ3v) is 4.46. The molecule has 0 bridgehead atoms. The Morgan fingerprint density at radius 3 is 2.60 bits per heavy atom. The van der Waals surface area contributed by atoms with E-state index in [2.05, 4.69) is 46.5 Å². The summed E-state index contributed by atoms with van der Waals surface area (Å²) in [5.41, 5.74) is 3.56. The van der Waals surface area contributed by atoms with Gasteiger partial charge in [0.25, 0.3) is 0 Å². The molecule has 0 atom stereocenters. The van der Waals surface area contributed by atoms with Gasteiger partial charge in [-0.05, 0) is 6.07 Å². The van der Waals surface area contributed by atoms with Crippen molar-refractivity contribution in [3.05, 3.63) is 67.0 Å². The Bertz CT molecular complexity index is 859. The van der Waals surface area contributed by atoms with Gasteiger partial charge in [-0.3, -0.25) is 0 Å². The van der Waals surface area contributed by atoms with Crippen molar-refractivity contribution in [2.24, 2.45) is 0 Å². The van der Waals surface area contributed by atoms with Crippen molar-refractivity contribution in [1.29, 1.82) is 0 Å². The van der Waals surface area contributed by atoms with Gasteiger partial charge < -0.3 is 4.98 Å². The maximum Gasteiger partial charge on any atom is 0.123 e. The Hall–Kier alpha value is -2.39. The molecule has 0 saturated carbocycles. The van der Waals surface area contributed by atoms with E-state index in [0.29, 0.717) is 0 Å². The van der Waals surface area contributed by atoms with Crippen LogP contribution in [-0.4, -0.2) is 9.97 Å². The standard InChI is InChI=1S/C17H12N2S/c1-2-6-12(7-3-1)17-19-11-16(20-17)14-10-18-15-9-5-4-8-13(14)15/h1-11,18H. The number of hydrogen-bond acceptors (Lipinski definition) is 2. The lowest BCUT2D eigenvalue weighted by Gasteiger charge is -1.94. The summed E-state index contributed by atoms with van der Waals surface area (Å²) in [6, 6.07) is 18.7. The molecule has 0 spiro atoms. The summed E-state index contributed by atoms with van der Waals surface area (Å²) in [7, 11) is 0. The zero-order chi connectivity index (χ0) is 13.4. The van der Waals surface area contributed by atoms with E-state index >= 15 is 0 Å². The molecule has 0 aliphatic carbocycles. The number of H-pyrrole nitrogens is 1. The van der Waals surface area contributed by atoms with Crippen LogP contribution in [0.4, 0.5) is 0 Å². The van der Waals surface area contributed by atoms with Crippen molar-refractivity contribution in [2.45, 2.75) is 0 Å². The van der Waals surface area contributed by atoms with E-state index in [4.69, 9.17) is 0 Å². The molecule has 20 heavy (non-hydrogen) atoms. The monoisotopic (exact) mass is 276 g/mol. The van der Waals surface area contributed by atoms with E-state index in [9.17, 15) is 0 Å². The van der Waals surface area contributed by atoms with Crippen molar-refractivity contribution in [3.63, 3.8) is 0 Å². The summed E-state index contributed by atoms with van der Waals surface area (Å²) >= 11 is 1.73. The van der Waals surface area contributed by atoms with Crippen molar-refractivity contribution in [2.75, 3.05) is 0 Å². The first kappa shape index (κ1) is 11.4. The lowest BCUT2D eigenvalue weighted by atomic mass is 10.1. The molecule has 2 aromatic carbocycles. The minimum Gasteiger partial charge on any atom is -0.361 e. The number of aromatic nitrogens is 2. The zero-order valence-corrected chi connectivity index (χ0v) is 11.5. The number of benzene rings is 2. The Morgan fingerprint density at radius 2 is 1.70 bits per heavy atom. The fraction of sp³-hybridized carbons (Fsp3) is 0. The van der Waals surface area contributed by atoms with Crippen molar-refractivity contribution < 1.29 is 0 Å². The first-order valence-electron chi connectivity index (χ1n) is 6.49. The number of nitrogens with zero attached hydrogens (tertiary/aromatic N) is 1. The molecule has 0 unspecified atom stereocenters. The molecule has 0 fully saturated rings. The van der Waals surface area contributed by atoms with Crippen molar-refractivity contribution in [3.8, 4) is 21.0 Å². The van der Waals surface area contributed by atoms with Crippen LogP contribution in [0.15, 0.2) is 67.0 Å². The molecule has 2 heterocycles. The molecule has 1 N–H and O–H groups in total. The molecule has 3 heteroatoms. The fourth-order valence-corrected chi connectivity index (χ4v) is 3.34. The van der Waals surface area contributed by atoms with Crippen LogP contribution in [0.2, 0.25) is 0 Å². The summed E-state index contributed by atoms with van der Waals surface area (Å²) in [5, 5.41) is 2.31. The average Bonchev–Trinajstić information content (AvgIpc) is 3.14. The van der Waals surface area contributed by atoms with Crippen LogP contribution in [0.3, 0.4) is 0 Å². The first-order chi connectivity index (χ1) is 9.92. The molecule has 0 amide bonds. The lowest BCUT2D eigenvalue weighted by Crippen LogP contribution is -1.71. The normalized spacial score (nSPS) is 11.0. The smallest absolute Gasteiger partial charge is 0.123 e. The Balaban J connectivity index is 1.82. The Morgan fingerprint density at radius 1 is 0.900 bits per heavy atom. The van der Waals surface area contributed by atoms with Gasteiger partial charge >= 0.3 is 0 Å². The summed E-state index contributed by atoms with van der Waals surface area (Å²) in [6.07, 6.45) is 4.02. The van der Waals surface area contributed by atoms with Crippen LogP contribution in [0.25, 0.3) is 31.9 Å². The van der Waals surface area contributed by atoms with Crippen molar-refractivity contribution in [1.82, 2.24) is 9.97 Å². The van der Waals surface area contributed by atoms with Gasteiger partial charge in [-0.2, -0.15) is 0 Å². The first-order valence-corrected chi connectivity index (χ1v) is 7.31. The second kappa shape index (κ2) is 4.62.